The van der Waals surface area contributed by atoms with E-state index < -0.39 is 5.91 Å². The zero-order valence-corrected chi connectivity index (χ0v) is 18.1. The number of ether oxygens (including phenoxy) is 2. The number of nitrogens with zero attached hydrogens (tertiary/aromatic N) is 3. The quantitative estimate of drug-likeness (QED) is 0.513. The number of hydrazone groups is 1. The lowest BCUT2D eigenvalue weighted by atomic mass is 10.1. The van der Waals surface area contributed by atoms with Crippen molar-refractivity contribution >= 4 is 39.8 Å². The maximum Gasteiger partial charge on any atom is 0.283 e. The number of amidine groups is 2. The summed E-state index contributed by atoms with van der Waals surface area (Å²) in [7, 11) is 0. The molecule has 0 saturated carbocycles. The van der Waals surface area contributed by atoms with E-state index in [1.165, 1.54) is 16.8 Å². The van der Waals surface area contributed by atoms with Gasteiger partial charge in [-0.1, -0.05) is 43.3 Å². The molecule has 0 bridgehead atoms. The third kappa shape index (κ3) is 4.54. The Balaban J connectivity index is 1.48. The van der Waals surface area contributed by atoms with E-state index in [0.717, 1.165) is 22.8 Å². The molecular formula is C23H22N4O3S. The lowest BCUT2D eigenvalue weighted by Gasteiger charge is -2.20. The van der Waals surface area contributed by atoms with Crippen LogP contribution in [0.3, 0.4) is 0 Å². The number of rotatable bonds is 7. The predicted molar refractivity (Wildman–Crippen MR) is 124 cm³/mol. The number of aryl methyl sites for hydroxylation is 1. The summed E-state index contributed by atoms with van der Waals surface area (Å²) in [6.07, 6.45) is 2.36. The number of benzene rings is 2. The number of carbonyl (C=O) groups excluding carboxylic acids is 1. The molecule has 31 heavy (non-hydrogen) atoms. The standard InChI is InChI=1S/C23H22N4O3S/c1-3-20-26-27-21(24)17(22(28)25-23(27)31-20)14-16-9-5-7-11-19(16)30-13-12-29-18-10-6-4-8-15(18)2/h4-11,14,24H,3,12-13H2,1-2H3. The summed E-state index contributed by atoms with van der Waals surface area (Å²) in [6.45, 7) is 4.70. The Hall–Kier alpha value is -3.39. The third-order valence-corrected chi connectivity index (χ3v) is 5.76. The molecule has 0 spiro atoms. The lowest BCUT2D eigenvalue weighted by Crippen LogP contribution is -2.35. The van der Waals surface area contributed by atoms with Crippen LogP contribution in [0.15, 0.2) is 64.2 Å². The highest BCUT2D eigenvalue weighted by Crippen LogP contribution is 2.30. The summed E-state index contributed by atoms with van der Waals surface area (Å²) in [5.41, 5.74) is 1.94. The molecule has 2 heterocycles. The van der Waals surface area contributed by atoms with E-state index in [1.807, 2.05) is 62.4 Å². The molecule has 2 aromatic carbocycles. The van der Waals surface area contributed by atoms with Gasteiger partial charge in [-0.15, -0.1) is 0 Å². The first-order valence-corrected chi connectivity index (χ1v) is 10.8. The number of carbonyl (C=O) groups is 1. The summed E-state index contributed by atoms with van der Waals surface area (Å²) in [4.78, 5) is 16.7. The van der Waals surface area contributed by atoms with Gasteiger partial charge in [-0.25, -0.2) is 0 Å². The van der Waals surface area contributed by atoms with Crippen LogP contribution >= 0.6 is 11.8 Å². The van der Waals surface area contributed by atoms with Gasteiger partial charge in [0.05, 0.1) is 5.57 Å². The molecule has 2 aromatic rings. The van der Waals surface area contributed by atoms with Gasteiger partial charge in [0.2, 0.25) is 5.17 Å². The van der Waals surface area contributed by atoms with E-state index in [9.17, 15) is 4.79 Å². The highest BCUT2D eigenvalue weighted by molar-refractivity contribution is 8.26. The van der Waals surface area contributed by atoms with E-state index in [4.69, 9.17) is 14.9 Å². The molecule has 0 unspecified atom stereocenters. The Morgan fingerprint density at radius 1 is 1.06 bits per heavy atom. The predicted octanol–water partition coefficient (Wildman–Crippen LogP) is 4.48. The van der Waals surface area contributed by atoms with Crippen molar-refractivity contribution in [1.82, 2.24) is 5.01 Å². The van der Waals surface area contributed by atoms with Gasteiger partial charge in [0.15, 0.2) is 5.84 Å². The zero-order valence-electron chi connectivity index (χ0n) is 17.3. The molecule has 1 amide bonds. The Bertz CT molecular complexity index is 1120. The molecule has 0 atom stereocenters. The average molecular weight is 435 g/mol. The van der Waals surface area contributed by atoms with Crippen LogP contribution in [-0.2, 0) is 4.79 Å². The van der Waals surface area contributed by atoms with E-state index in [0.29, 0.717) is 29.7 Å². The van der Waals surface area contributed by atoms with Crippen molar-refractivity contribution in [2.24, 2.45) is 10.1 Å². The molecule has 8 heteroatoms. The van der Waals surface area contributed by atoms with Crippen LogP contribution in [0.25, 0.3) is 6.08 Å². The van der Waals surface area contributed by atoms with Crippen molar-refractivity contribution in [3.8, 4) is 11.5 Å². The van der Waals surface area contributed by atoms with Crippen molar-refractivity contribution in [2.75, 3.05) is 13.2 Å². The molecule has 0 saturated heterocycles. The second-order valence-electron chi connectivity index (χ2n) is 6.87. The first-order chi connectivity index (χ1) is 15.1. The Morgan fingerprint density at radius 3 is 2.48 bits per heavy atom. The SMILES string of the molecule is CCC1=NN2C(=N)C(=Cc3ccccc3OCCOc3ccccc3C)C(=O)N=C2S1. The summed E-state index contributed by atoms with van der Waals surface area (Å²) in [5.74, 6) is 0.997. The molecule has 4 rings (SSSR count). The molecule has 2 aliphatic heterocycles. The first-order valence-electron chi connectivity index (χ1n) is 9.96. The van der Waals surface area contributed by atoms with Crippen LogP contribution in [0, 0.1) is 12.3 Å². The lowest BCUT2D eigenvalue weighted by molar-refractivity contribution is -0.114. The number of aliphatic imine (C=N–C) groups is 1. The maximum atomic E-state index is 12.6. The monoisotopic (exact) mass is 434 g/mol. The number of fused-ring (bicyclic) bond motifs is 1. The summed E-state index contributed by atoms with van der Waals surface area (Å²) < 4.78 is 11.7. The minimum atomic E-state index is -0.450. The molecule has 7 nitrogen and oxygen atoms in total. The van der Waals surface area contributed by atoms with E-state index >= 15 is 0 Å². The van der Waals surface area contributed by atoms with Crippen molar-refractivity contribution in [1.29, 1.82) is 5.41 Å². The molecule has 0 radical (unpaired) electrons. The fourth-order valence-electron chi connectivity index (χ4n) is 3.08. The van der Waals surface area contributed by atoms with Crippen LogP contribution in [0.1, 0.15) is 24.5 Å². The summed E-state index contributed by atoms with van der Waals surface area (Å²) >= 11 is 1.32. The van der Waals surface area contributed by atoms with Crippen LogP contribution in [0.4, 0.5) is 0 Å². The van der Waals surface area contributed by atoms with Crippen molar-refractivity contribution < 1.29 is 14.3 Å². The molecule has 158 valence electrons. The molecular weight excluding hydrogens is 412 g/mol. The van der Waals surface area contributed by atoms with Crippen molar-refractivity contribution in [3.05, 3.63) is 65.2 Å². The van der Waals surface area contributed by atoms with Gasteiger partial charge in [-0.05, 0) is 48.9 Å². The topological polar surface area (TPSA) is 87.3 Å². The second-order valence-corrected chi connectivity index (χ2v) is 7.91. The zero-order chi connectivity index (χ0) is 21.8. The third-order valence-electron chi connectivity index (χ3n) is 4.71. The van der Waals surface area contributed by atoms with E-state index in [-0.39, 0.29) is 11.4 Å². The number of amides is 1. The minimum Gasteiger partial charge on any atom is -0.490 e. The summed E-state index contributed by atoms with van der Waals surface area (Å²) in [6, 6.07) is 15.2. The van der Waals surface area contributed by atoms with Gasteiger partial charge in [-0.2, -0.15) is 15.1 Å². The second kappa shape index (κ2) is 9.18. The van der Waals surface area contributed by atoms with Crippen molar-refractivity contribution in [3.63, 3.8) is 0 Å². The summed E-state index contributed by atoms with van der Waals surface area (Å²) in [5, 5.41) is 15.5. The first kappa shape index (κ1) is 20.9. The normalized spacial score (nSPS) is 16.8. The van der Waals surface area contributed by atoms with Gasteiger partial charge in [0.25, 0.3) is 5.91 Å². The van der Waals surface area contributed by atoms with Crippen LogP contribution in [-0.4, -0.2) is 40.2 Å². The number of hydrogen-bond acceptors (Lipinski definition) is 6. The van der Waals surface area contributed by atoms with Gasteiger partial charge < -0.3 is 9.47 Å². The molecule has 0 fully saturated rings. The molecule has 0 aromatic heterocycles. The van der Waals surface area contributed by atoms with Gasteiger partial charge in [-0.3, -0.25) is 10.2 Å². The van der Waals surface area contributed by atoms with E-state index in [2.05, 4.69) is 10.1 Å². The van der Waals surface area contributed by atoms with Gasteiger partial charge in [0.1, 0.15) is 29.8 Å². The molecule has 1 N–H and O–H groups in total. The average Bonchev–Trinajstić information content (AvgIpc) is 3.19. The number of nitrogens with one attached hydrogen (secondary N) is 1. The van der Waals surface area contributed by atoms with Gasteiger partial charge >= 0.3 is 0 Å². The Morgan fingerprint density at radius 2 is 1.74 bits per heavy atom. The smallest absolute Gasteiger partial charge is 0.283 e. The maximum absolute atomic E-state index is 12.6. The number of para-hydroxylation sites is 2. The van der Waals surface area contributed by atoms with Crippen molar-refractivity contribution in [2.45, 2.75) is 20.3 Å². The van der Waals surface area contributed by atoms with Crippen LogP contribution in [0.5, 0.6) is 11.5 Å². The highest BCUT2D eigenvalue weighted by Gasteiger charge is 2.35. The van der Waals surface area contributed by atoms with Crippen LogP contribution in [0.2, 0.25) is 0 Å². The Kier molecular flexibility index (Phi) is 6.18. The fourth-order valence-corrected chi connectivity index (χ4v) is 3.91. The minimum absolute atomic E-state index is 0.0173. The number of hydrogen-bond donors (Lipinski definition) is 1. The highest BCUT2D eigenvalue weighted by atomic mass is 32.2. The van der Waals surface area contributed by atoms with Crippen LogP contribution < -0.4 is 9.47 Å². The largest absolute Gasteiger partial charge is 0.490 e. The fraction of sp³-hybridized carbons (Fsp3) is 0.217. The molecule has 0 aliphatic carbocycles. The van der Waals surface area contributed by atoms with E-state index in [1.54, 1.807) is 6.08 Å². The molecule has 2 aliphatic rings. The number of thioether (sulfide) groups is 1. The Labute approximate surface area is 185 Å². The van der Waals surface area contributed by atoms with Gasteiger partial charge in [0, 0.05) is 5.56 Å².